The Labute approximate surface area is 189 Å². The molecule has 2 fully saturated rings. The predicted molar refractivity (Wildman–Crippen MR) is 123 cm³/mol. The third kappa shape index (κ3) is 3.68. The Balaban J connectivity index is 1.70. The van der Waals surface area contributed by atoms with Crippen molar-refractivity contribution >= 4 is 17.8 Å². The largest absolute Gasteiger partial charge is 0.338 e. The minimum atomic E-state index is -1.34. The number of nitrogens with one attached hydrogen (secondary N) is 1. The molecule has 0 aromatic heterocycles. The van der Waals surface area contributed by atoms with Gasteiger partial charge in [0.25, 0.3) is 5.91 Å². The molecule has 2 heterocycles. The highest BCUT2D eigenvalue weighted by atomic mass is 16.2. The van der Waals surface area contributed by atoms with E-state index in [1.54, 1.807) is 0 Å². The van der Waals surface area contributed by atoms with Gasteiger partial charge in [-0.05, 0) is 61.8 Å². The van der Waals surface area contributed by atoms with Crippen molar-refractivity contribution in [3.8, 4) is 0 Å². The molecule has 2 aliphatic heterocycles. The molecule has 2 aliphatic rings. The lowest BCUT2D eigenvalue weighted by atomic mass is 9.81. The van der Waals surface area contributed by atoms with Gasteiger partial charge in [-0.1, -0.05) is 55.5 Å². The van der Waals surface area contributed by atoms with Crippen LogP contribution in [0.25, 0.3) is 0 Å². The molecule has 2 aromatic carbocycles. The summed E-state index contributed by atoms with van der Waals surface area (Å²) in [5.41, 5.74) is 2.18. The van der Waals surface area contributed by atoms with E-state index in [4.69, 9.17) is 0 Å². The first-order valence-corrected chi connectivity index (χ1v) is 11.4. The highest BCUT2D eigenvalue weighted by Crippen LogP contribution is 2.37. The van der Waals surface area contributed by atoms with E-state index in [-0.39, 0.29) is 18.5 Å². The zero-order valence-electron chi connectivity index (χ0n) is 19.1. The van der Waals surface area contributed by atoms with Gasteiger partial charge in [0.05, 0.1) is 0 Å². The van der Waals surface area contributed by atoms with Crippen LogP contribution in [0.4, 0.5) is 4.79 Å². The van der Waals surface area contributed by atoms with Gasteiger partial charge in [0.1, 0.15) is 6.54 Å². The Morgan fingerprint density at radius 1 is 1.03 bits per heavy atom. The minimum absolute atomic E-state index is 0.163. The van der Waals surface area contributed by atoms with Crippen LogP contribution in [0.2, 0.25) is 0 Å². The second kappa shape index (κ2) is 8.77. The molecule has 4 amide bonds. The van der Waals surface area contributed by atoms with Crippen LogP contribution in [0.1, 0.15) is 54.9 Å². The zero-order chi connectivity index (χ0) is 22.9. The van der Waals surface area contributed by atoms with Gasteiger partial charge in [0.2, 0.25) is 5.91 Å². The van der Waals surface area contributed by atoms with Crippen molar-refractivity contribution in [3.63, 3.8) is 0 Å². The number of hydrogen-bond acceptors (Lipinski definition) is 3. The van der Waals surface area contributed by atoms with Crippen molar-refractivity contribution in [2.45, 2.75) is 58.0 Å². The molecule has 1 N–H and O–H groups in total. The average Bonchev–Trinajstić information content (AvgIpc) is 3.07. The van der Waals surface area contributed by atoms with Crippen LogP contribution in [0.5, 0.6) is 0 Å². The number of rotatable bonds is 5. The van der Waals surface area contributed by atoms with E-state index >= 15 is 0 Å². The van der Waals surface area contributed by atoms with Crippen LogP contribution in [-0.4, -0.2) is 46.8 Å². The van der Waals surface area contributed by atoms with E-state index in [2.05, 4.69) is 12.2 Å². The Morgan fingerprint density at radius 2 is 1.78 bits per heavy atom. The van der Waals surface area contributed by atoms with Gasteiger partial charge in [-0.25, -0.2) is 4.79 Å². The number of carbonyl (C=O) groups excluding carboxylic acids is 3. The summed E-state index contributed by atoms with van der Waals surface area (Å²) in [5, 5.41) is 2.95. The molecule has 168 valence electrons. The fraction of sp³-hybridized carbons (Fsp3) is 0.423. The van der Waals surface area contributed by atoms with E-state index in [9.17, 15) is 14.4 Å². The number of likely N-dealkylation sites (tertiary alicyclic amines) is 1. The number of benzene rings is 2. The van der Waals surface area contributed by atoms with Gasteiger partial charge in [0, 0.05) is 12.6 Å². The topological polar surface area (TPSA) is 69.7 Å². The van der Waals surface area contributed by atoms with Gasteiger partial charge in [0.15, 0.2) is 5.54 Å². The van der Waals surface area contributed by atoms with Crippen LogP contribution in [0.15, 0.2) is 48.5 Å². The van der Waals surface area contributed by atoms with E-state index in [0.717, 1.165) is 41.7 Å². The maximum atomic E-state index is 13.9. The fourth-order valence-corrected chi connectivity index (χ4v) is 4.92. The summed E-state index contributed by atoms with van der Waals surface area (Å²) in [4.78, 5) is 43.1. The van der Waals surface area contributed by atoms with Gasteiger partial charge < -0.3 is 10.2 Å². The molecule has 2 saturated heterocycles. The summed E-state index contributed by atoms with van der Waals surface area (Å²) in [5.74, 6) is -0.570. The maximum Gasteiger partial charge on any atom is 0.326 e. The monoisotopic (exact) mass is 433 g/mol. The molecule has 2 atom stereocenters. The second-order valence-corrected chi connectivity index (χ2v) is 8.88. The number of carbonyl (C=O) groups is 3. The van der Waals surface area contributed by atoms with Gasteiger partial charge in [-0.2, -0.15) is 0 Å². The Bertz CT molecular complexity index is 1040. The maximum absolute atomic E-state index is 13.9. The zero-order valence-corrected chi connectivity index (χ0v) is 19.1. The molecule has 32 heavy (non-hydrogen) atoms. The third-order valence-corrected chi connectivity index (χ3v) is 6.96. The quantitative estimate of drug-likeness (QED) is 0.728. The molecular weight excluding hydrogens is 402 g/mol. The van der Waals surface area contributed by atoms with E-state index in [0.29, 0.717) is 17.7 Å². The lowest BCUT2D eigenvalue weighted by Gasteiger charge is -2.36. The summed E-state index contributed by atoms with van der Waals surface area (Å²) >= 11 is 0. The molecule has 4 rings (SSSR count). The van der Waals surface area contributed by atoms with Crippen molar-refractivity contribution < 1.29 is 14.4 Å². The summed E-state index contributed by atoms with van der Waals surface area (Å²) in [6.45, 7) is 6.52. The van der Waals surface area contributed by atoms with Crippen LogP contribution < -0.4 is 5.32 Å². The normalized spacial score (nSPS) is 23.4. The molecule has 0 bridgehead atoms. The highest BCUT2D eigenvalue weighted by Gasteiger charge is 2.54. The molecule has 6 heteroatoms. The van der Waals surface area contributed by atoms with Crippen molar-refractivity contribution in [1.29, 1.82) is 0 Å². The Morgan fingerprint density at radius 3 is 2.47 bits per heavy atom. The molecule has 6 nitrogen and oxygen atoms in total. The van der Waals surface area contributed by atoms with E-state index in [1.165, 1.54) is 0 Å². The first-order chi connectivity index (χ1) is 15.4. The first-order valence-electron chi connectivity index (χ1n) is 11.4. The summed E-state index contributed by atoms with van der Waals surface area (Å²) in [6.07, 6.45) is 3.91. The lowest BCUT2D eigenvalue weighted by Crippen LogP contribution is -2.50. The predicted octanol–water partition coefficient (Wildman–Crippen LogP) is 3.89. The number of imide groups is 1. The number of urea groups is 1. The number of nitrogens with zero attached hydrogens (tertiary/aromatic N) is 2. The highest BCUT2D eigenvalue weighted by molar-refractivity contribution is 6.11. The van der Waals surface area contributed by atoms with Gasteiger partial charge in [-0.15, -0.1) is 0 Å². The number of aryl methyl sites for hydroxylation is 2. The molecule has 0 radical (unpaired) electrons. The molecular formula is C26H31N3O3. The average molecular weight is 434 g/mol. The summed E-state index contributed by atoms with van der Waals surface area (Å²) in [6, 6.07) is 14.7. The van der Waals surface area contributed by atoms with E-state index < -0.39 is 17.5 Å². The SMILES string of the molecule is CC[C@@H]1CCCCN1C(=O)CN1C(=O)N[C@@](c2ccccc2)(c2ccc(C)c(C)c2)C1=O. The molecule has 0 unspecified atom stereocenters. The molecule has 0 saturated carbocycles. The van der Waals surface area contributed by atoms with Crippen molar-refractivity contribution in [1.82, 2.24) is 15.1 Å². The summed E-state index contributed by atoms with van der Waals surface area (Å²) < 4.78 is 0. The van der Waals surface area contributed by atoms with Gasteiger partial charge in [-0.3, -0.25) is 14.5 Å². The van der Waals surface area contributed by atoms with Crippen molar-refractivity contribution in [3.05, 3.63) is 70.8 Å². The second-order valence-electron chi connectivity index (χ2n) is 8.88. The van der Waals surface area contributed by atoms with Crippen molar-refractivity contribution in [2.24, 2.45) is 0 Å². The fourth-order valence-electron chi connectivity index (χ4n) is 4.92. The Kier molecular flexibility index (Phi) is 6.04. The molecule has 0 aliphatic carbocycles. The third-order valence-electron chi connectivity index (χ3n) is 6.96. The minimum Gasteiger partial charge on any atom is -0.338 e. The van der Waals surface area contributed by atoms with Crippen molar-refractivity contribution in [2.75, 3.05) is 13.1 Å². The lowest BCUT2D eigenvalue weighted by molar-refractivity contribution is -0.140. The number of piperidine rings is 1. The Hall–Kier alpha value is -3.15. The number of amides is 4. The van der Waals surface area contributed by atoms with E-state index in [1.807, 2.05) is 67.3 Å². The first kappa shape index (κ1) is 22.1. The van der Waals surface area contributed by atoms with Gasteiger partial charge >= 0.3 is 6.03 Å². The summed E-state index contributed by atoms with van der Waals surface area (Å²) in [7, 11) is 0. The number of hydrogen-bond donors (Lipinski definition) is 1. The van der Waals surface area contributed by atoms with Crippen LogP contribution in [0, 0.1) is 13.8 Å². The standard InChI is InChI=1S/C26H31N3O3/c1-4-22-12-8-9-15-28(22)23(30)17-29-24(31)26(27-25(29)32,20-10-6-5-7-11-20)21-14-13-18(2)19(3)16-21/h5-7,10-11,13-14,16,22H,4,8-9,12,15,17H2,1-3H3,(H,27,32)/t22-,26+/m1/s1. The molecule has 2 aromatic rings. The van der Waals surface area contributed by atoms with Crippen LogP contribution >= 0.6 is 0 Å². The van der Waals surface area contributed by atoms with Crippen LogP contribution in [-0.2, 0) is 15.1 Å². The van der Waals surface area contributed by atoms with Crippen LogP contribution in [0.3, 0.4) is 0 Å². The molecule has 0 spiro atoms. The smallest absolute Gasteiger partial charge is 0.326 e.